The van der Waals surface area contributed by atoms with Gasteiger partial charge in [0.2, 0.25) is 0 Å². The molecule has 2 aliphatic heterocycles. The summed E-state index contributed by atoms with van der Waals surface area (Å²) < 4.78 is 13.0. The van der Waals surface area contributed by atoms with Crippen LogP contribution in [0.3, 0.4) is 0 Å². The number of benzene rings is 1. The van der Waals surface area contributed by atoms with Crippen LogP contribution in [0.15, 0.2) is 30.3 Å². The lowest BCUT2D eigenvalue weighted by Gasteiger charge is -2.34. The van der Waals surface area contributed by atoms with Gasteiger partial charge >= 0.3 is 0 Å². The molecule has 1 fully saturated rings. The van der Waals surface area contributed by atoms with Crippen molar-refractivity contribution >= 4 is 11.8 Å². The van der Waals surface area contributed by atoms with E-state index in [0.29, 0.717) is 44.2 Å². The molecule has 3 heterocycles. The monoisotopic (exact) mass is 412 g/mol. The van der Waals surface area contributed by atoms with E-state index in [4.69, 9.17) is 9.47 Å². The van der Waals surface area contributed by atoms with E-state index in [1.54, 1.807) is 21.9 Å². The van der Waals surface area contributed by atoms with Crippen molar-refractivity contribution in [1.82, 2.24) is 19.6 Å². The van der Waals surface area contributed by atoms with E-state index < -0.39 is 0 Å². The molecule has 0 atom stereocenters. The second-order valence-electron chi connectivity index (χ2n) is 7.57. The number of carbonyl (C=O) groups excluding carboxylic acids is 2. The van der Waals surface area contributed by atoms with Gasteiger partial charge in [-0.05, 0) is 56.5 Å². The number of nitrogens with zero attached hydrogens (tertiary/aromatic N) is 4. The minimum atomic E-state index is -0.0755. The Bertz CT molecular complexity index is 862. The topological polar surface area (TPSA) is 76.9 Å². The van der Waals surface area contributed by atoms with E-state index in [1.807, 2.05) is 29.8 Å². The van der Waals surface area contributed by atoms with Gasteiger partial charge in [-0.2, -0.15) is 5.10 Å². The van der Waals surface area contributed by atoms with E-state index in [2.05, 4.69) is 5.10 Å². The lowest BCUT2D eigenvalue weighted by atomic mass is 10.1. The highest BCUT2D eigenvalue weighted by molar-refractivity contribution is 5.92. The summed E-state index contributed by atoms with van der Waals surface area (Å²) in [6, 6.07) is 9.14. The molecule has 8 heteroatoms. The van der Waals surface area contributed by atoms with Crippen LogP contribution in [0.5, 0.6) is 11.5 Å². The predicted molar refractivity (Wildman–Crippen MR) is 111 cm³/mol. The molecule has 4 rings (SSSR count). The zero-order chi connectivity index (χ0) is 20.9. The van der Waals surface area contributed by atoms with Gasteiger partial charge in [0.25, 0.3) is 11.8 Å². The van der Waals surface area contributed by atoms with E-state index in [0.717, 1.165) is 37.3 Å². The summed E-state index contributed by atoms with van der Waals surface area (Å²) in [7, 11) is 0. The van der Waals surface area contributed by atoms with Crippen LogP contribution >= 0.6 is 0 Å². The van der Waals surface area contributed by atoms with Gasteiger partial charge in [0.15, 0.2) is 12.3 Å². The maximum absolute atomic E-state index is 12.8. The highest BCUT2D eigenvalue weighted by atomic mass is 16.5. The summed E-state index contributed by atoms with van der Waals surface area (Å²) in [5.41, 5.74) is 1.66. The van der Waals surface area contributed by atoms with E-state index in [1.165, 1.54) is 0 Å². The van der Waals surface area contributed by atoms with Crippen LogP contribution < -0.4 is 9.47 Å². The molecule has 8 nitrogen and oxygen atoms in total. The molecule has 2 amide bonds. The Hall–Kier alpha value is -3.03. The van der Waals surface area contributed by atoms with E-state index in [-0.39, 0.29) is 18.4 Å². The van der Waals surface area contributed by atoms with Gasteiger partial charge in [0, 0.05) is 38.4 Å². The smallest absolute Gasteiger partial charge is 0.274 e. The molecule has 1 aromatic carbocycles. The SMILES string of the molecule is CCOc1ccc(OCC(=O)N2CCN(C(=O)c3cc4n(n3)CCCC4)CC2)cc1. The quantitative estimate of drug-likeness (QED) is 0.725. The number of aryl methyl sites for hydroxylation is 2. The minimum Gasteiger partial charge on any atom is -0.494 e. The first kappa shape index (κ1) is 20.3. The first-order valence-corrected chi connectivity index (χ1v) is 10.6. The maximum atomic E-state index is 12.8. The van der Waals surface area contributed by atoms with Crippen molar-refractivity contribution in [2.75, 3.05) is 39.4 Å². The van der Waals surface area contributed by atoms with Crippen molar-refractivity contribution in [2.45, 2.75) is 32.7 Å². The highest BCUT2D eigenvalue weighted by Crippen LogP contribution is 2.19. The number of amides is 2. The number of ether oxygens (including phenoxy) is 2. The summed E-state index contributed by atoms with van der Waals surface area (Å²) in [5, 5.41) is 4.48. The summed E-state index contributed by atoms with van der Waals surface area (Å²) in [5.74, 6) is 1.28. The van der Waals surface area contributed by atoms with Gasteiger partial charge < -0.3 is 19.3 Å². The molecule has 2 aromatic rings. The molecule has 30 heavy (non-hydrogen) atoms. The molecule has 0 unspecified atom stereocenters. The second kappa shape index (κ2) is 9.19. The summed E-state index contributed by atoms with van der Waals surface area (Å²) in [4.78, 5) is 28.8. The Labute approximate surface area is 176 Å². The molecule has 0 saturated carbocycles. The molecule has 160 valence electrons. The summed E-state index contributed by atoms with van der Waals surface area (Å²) in [6.45, 7) is 5.44. The van der Waals surface area contributed by atoms with Gasteiger partial charge in [0.1, 0.15) is 11.5 Å². The maximum Gasteiger partial charge on any atom is 0.274 e. The first-order chi connectivity index (χ1) is 14.6. The lowest BCUT2D eigenvalue weighted by Crippen LogP contribution is -2.51. The predicted octanol–water partition coefficient (Wildman–Crippen LogP) is 1.98. The Kier molecular flexibility index (Phi) is 6.21. The highest BCUT2D eigenvalue weighted by Gasteiger charge is 2.27. The van der Waals surface area contributed by atoms with Crippen LogP contribution in [0, 0.1) is 0 Å². The van der Waals surface area contributed by atoms with Crippen LogP contribution in [0.2, 0.25) is 0 Å². The lowest BCUT2D eigenvalue weighted by molar-refractivity contribution is -0.134. The Morgan fingerprint density at radius 1 is 0.933 bits per heavy atom. The normalized spacial score (nSPS) is 16.2. The van der Waals surface area contributed by atoms with Crippen molar-refractivity contribution in [2.24, 2.45) is 0 Å². The third-order valence-corrected chi connectivity index (χ3v) is 5.55. The fourth-order valence-corrected chi connectivity index (χ4v) is 3.88. The number of hydrogen-bond donors (Lipinski definition) is 0. The zero-order valence-electron chi connectivity index (χ0n) is 17.4. The molecular weight excluding hydrogens is 384 g/mol. The third kappa shape index (κ3) is 4.58. The molecule has 0 aliphatic carbocycles. The Morgan fingerprint density at radius 3 is 2.27 bits per heavy atom. The van der Waals surface area contributed by atoms with Crippen molar-refractivity contribution in [3.8, 4) is 11.5 Å². The average molecular weight is 412 g/mol. The molecule has 0 spiro atoms. The number of piperazine rings is 1. The van der Waals surface area contributed by atoms with Gasteiger partial charge in [-0.15, -0.1) is 0 Å². The summed E-state index contributed by atoms with van der Waals surface area (Å²) in [6.07, 6.45) is 3.25. The molecule has 0 radical (unpaired) electrons. The fraction of sp³-hybridized carbons (Fsp3) is 0.500. The fourth-order valence-electron chi connectivity index (χ4n) is 3.88. The number of aromatic nitrogens is 2. The van der Waals surface area contributed by atoms with Gasteiger partial charge in [-0.25, -0.2) is 0 Å². The Balaban J connectivity index is 1.25. The zero-order valence-corrected chi connectivity index (χ0v) is 17.4. The molecular formula is C22H28N4O4. The van der Waals surface area contributed by atoms with Crippen molar-refractivity contribution in [3.05, 3.63) is 41.7 Å². The second-order valence-corrected chi connectivity index (χ2v) is 7.57. The number of carbonyl (C=O) groups is 2. The van der Waals surface area contributed by atoms with E-state index in [9.17, 15) is 9.59 Å². The van der Waals surface area contributed by atoms with Crippen molar-refractivity contribution in [3.63, 3.8) is 0 Å². The average Bonchev–Trinajstić information content (AvgIpc) is 3.22. The van der Waals surface area contributed by atoms with Crippen LogP contribution in [-0.2, 0) is 17.8 Å². The standard InChI is InChI=1S/C22H28N4O4/c1-2-29-18-6-8-19(9-7-18)30-16-21(27)24-11-13-25(14-12-24)22(28)20-15-17-5-3-4-10-26(17)23-20/h6-9,15H,2-5,10-14,16H2,1H3. The third-order valence-electron chi connectivity index (χ3n) is 5.55. The van der Waals surface area contributed by atoms with Gasteiger partial charge in [0.05, 0.1) is 6.61 Å². The van der Waals surface area contributed by atoms with Crippen LogP contribution in [-0.4, -0.2) is 70.8 Å². The van der Waals surface area contributed by atoms with Crippen LogP contribution in [0.4, 0.5) is 0 Å². The Morgan fingerprint density at radius 2 is 1.60 bits per heavy atom. The van der Waals surface area contributed by atoms with Crippen molar-refractivity contribution < 1.29 is 19.1 Å². The van der Waals surface area contributed by atoms with Crippen LogP contribution in [0.25, 0.3) is 0 Å². The molecule has 0 N–H and O–H groups in total. The minimum absolute atomic E-state index is 0.0182. The number of fused-ring (bicyclic) bond motifs is 1. The van der Waals surface area contributed by atoms with Crippen LogP contribution in [0.1, 0.15) is 35.9 Å². The molecule has 1 saturated heterocycles. The largest absolute Gasteiger partial charge is 0.494 e. The molecule has 0 bridgehead atoms. The van der Waals surface area contributed by atoms with Gasteiger partial charge in [-0.1, -0.05) is 0 Å². The number of rotatable bonds is 6. The molecule has 1 aromatic heterocycles. The number of hydrogen-bond acceptors (Lipinski definition) is 5. The summed E-state index contributed by atoms with van der Waals surface area (Å²) >= 11 is 0. The molecule has 2 aliphatic rings. The van der Waals surface area contributed by atoms with Gasteiger partial charge in [-0.3, -0.25) is 14.3 Å². The first-order valence-electron chi connectivity index (χ1n) is 10.6. The van der Waals surface area contributed by atoms with E-state index >= 15 is 0 Å². The van der Waals surface area contributed by atoms with Crippen molar-refractivity contribution in [1.29, 1.82) is 0 Å².